The van der Waals surface area contributed by atoms with E-state index in [1.807, 2.05) is 0 Å². The number of piperidine rings is 1. The lowest BCUT2D eigenvalue weighted by molar-refractivity contribution is -0.135. The molecule has 0 spiro atoms. The summed E-state index contributed by atoms with van der Waals surface area (Å²) in [6, 6.07) is 5.38. The predicted molar refractivity (Wildman–Crippen MR) is 75.3 cm³/mol. The van der Waals surface area contributed by atoms with Crippen molar-refractivity contribution in [3.8, 4) is 5.75 Å². The minimum atomic E-state index is -1.12. The molecule has 2 amide bonds. The Morgan fingerprint density at radius 2 is 1.76 bits per heavy atom. The van der Waals surface area contributed by atoms with Crippen LogP contribution in [0.3, 0.4) is 0 Å². The maximum absolute atomic E-state index is 12.5. The third-order valence-corrected chi connectivity index (χ3v) is 3.42. The van der Waals surface area contributed by atoms with E-state index < -0.39 is 24.6 Å². The Morgan fingerprint density at radius 3 is 2.29 bits per heavy atom. The third-order valence-electron chi connectivity index (χ3n) is 3.42. The number of aliphatic hydroxyl groups is 1. The van der Waals surface area contributed by atoms with E-state index in [4.69, 9.17) is 5.11 Å². The van der Waals surface area contributed by atoms with Crippen molar-refractivity contribution in [3.05, 3.63) is 24.3 Å². The number of carbonyl (C=O) groups excluding carboxylic acids is 1. The highest BCUT2D eigenvalue weighted by molar-refractivity contribution is 5.96. The predicted octanol–water partition coefficient (Wildman–Crippen LogP) is 0.860. The fraction of sp³-hybridized carbons (Fsp3) is 0.429. The molecule has 0 radical (unpaired) electrons. The van der Waals surface area contributed by atoms with Gasteiger partial charge in [0.25, 0.3) is 0 Å². The number of benzene rings is 1. The summed E-state index contributed by atoms with van der Waals surface area (Å²) in [6.07, 6.45) is 0.570. The highest BCUT2D eigenvalue weighted by atomic mass is 16.4. The van der Waals surface area contributed by atoms with Crippen molar-refractivity contribution in [3.63, 3.8) is 0 Å². The summed E-state index contributed by atoms with van der Waals surface area (Å²) in [7, 11) is 0. The van der Waals surface area contributed by atoms with Gasteiger partial charge in [0.15, 0.2) is 0 Å². The van der Waals surface area contributed by atoms with Gasteiger partial charge in [-0.05, 0) is 37.1 Å². The fourth-order valence-electron chi connectivity index (χ4n) is 2.27. The molecular formula is C14H18N2O5. The molecule has 7 heteroatoms. The molecule has 1 aromatic rings. The Hall–Kier alpha value is -2.28. The summed E-state index contributed by atoms with van der Waals surface area (Å²) in [5, 5.41) is 27.7. The molecule has 2 rings (SSSR count). The van der Waals surface area contributed by atoms with Crippen LogP contribution in [0.5, 0.6) is 5.75 Å². The van der Waals surface area contributed by atoms with Gasteiger partial charge in [0, 0.05) is 18.8 Å². The molecular weight excluding hydrogens is 276 g/mol. The van der Waals surface area contributed by atoms with Crippen LogP contribution in [0.4, 0.5) is 10.5 Å². The number of hydrogen-bond donors (Lipinski definition) is 3. The number of aromatic hydroxyl groups is 1. The van der Waals surface area contributed by atoms with Crippen LogP contribution in [-0.2, 0) is 4.79 Å². The maximum atomic E-state index is 12.5. The molecule has 0 saturated carbocycles. The normalized spacial score (nSPS) is 15.8. The molecule has 0 unspecified atom stereocenters. The van der Waals surface area contributed by atoms with Crippen molar-refractivity contribution in [2.45, 2.75) is 18.9 Å². The molecule has 7 nitrogen and oxygen atoms in total. The first kappa shape index (κ1) is 15.1. The zero-order chi connectivity index (χ0) is 15.4. The molecule has 1 aliphatic heterocycles. The Kier molecular flexibility index (Phi) is 4.64. The average Bonchev–Trinajstić information content (AvgIpc) is 2.46. The zero-order valence-corrected chi connectivity index (χ0v) is 11.5. The standard InChI is InChI=1S/C14H18N2O5/c17-11-3-1-10(2-4-11)16(9-13(19)20)14(21)15-7-5-12(18)6-8-15/h1-4,12,17-18H,5-9H2,(H,19,20). The number of carbonyl (C=O) groups is 2. The van der Waals surface area contributed by atoms with Gasteiger partial charge in [0.2, 0.25) is 0 Å². The molecule has 114 valence electrons. The van der Waals surface area contributed by atoms with Crippen molar-refractivity contribution < 1.29 is 24.9 Å². The van der Waals surface area contributed by atoms with E-state index in [1.165, 1.54) is 29.2 Å². The van der Waals surface area contributed by atoms with Crippen LogP contribution in [0.25, 0.3) is 0 Å². The second-order valence-corrected chi connectivity index (χ2v) is 5.00. The molecule has 21 heavy (non-hydrogen) atoms. The monoisotopic (exact) mass is 294 g/mol. The van der Waals surface area contributed by atoms with Gasteiger partial charge in [-0.2, -0.15) is 0 Å². The van der Waals surface area contributed by atoms with Gasteiger partial charge in [0.1, 0.15) is 12.3 Å². The van der Waals surface area contributed by atoms with Gasteiger partial charge in [-0.15, -0.1) is 0 Å². The van der Waals surface area contributed by atoms with Crippen molar-refractivity contribution in [1.29, 1.82) is 0 Å². The lowest BCUT2D eigenvalue weighted by Gasteiger charge is -2.33. The largest absolute Gasteiger partial charge is 0.508 e. The van der Waals surface area contributed by atoms with Crippen LogP contribution in [0, 0.1) is 0 Å². The van der Waals surface area contributed by atoms with Crippen molar-refractivity contribution in [1.82, 2.24) is 4.90 Å². The number of hydrogen-bond acceptors (Lipinski definition) is 4. The highest BCUT2D eigenvalue weighted by Gasteiger charge is 2.27. The first-order valence-corrected chi connectivity index (χ1v) is 6.72. The highest BCUT2D eigenvalue weighted by Crippen LogP contribution is 2.21. The molecule has 1 heterocycles. The summed E-state index contributed by atoms with van der Waals surface area (Å²) in [6.45, 7) is 0.338. The van der Waals surface area contributed by atoms with Gasteiger partial charge in [-0.3, -0.25) is 9.69 Å². The summed E-state index contributed by atoms with van der Waals surface area (Å²) in [5.41, 5.74) is 0.409. The molecule has 0 bridgehead atoms. The fourth-order valence-corrected chi connectivity index (χ4v) is 2.27. The molecule has 0 aliphatic carbocycles. The second-order valence-electron chi connectivity index (χ2n) is 5.00. The lowest BCUT2D eigenvalue weighted by atomic mass is 10.1. The Balaban J connectivity index is 2.17. The molecule has 3 N–H and O–H groups in total. The van der Waals surface area contributed by atoms with Crippen LogP contribution >= 0.6 is 0 Å². The molecule has 0 atom stereocenters. The summed E-state index contributed by atoms with van der Waals surface area (Å²) in [5.74, 6) is -1.07. The molecule has 1 aliphatic rings. The molecule has 0 aromatic heterocycles. The summed E-state index contributed by atoms with van der Waals surface area (Å²) < 4.78 is 0. The van der Waals surface area contributed by atoms with Gasteiger partial charge >= 0.3 is 12.0 Å². The van der Waals surface area contributed by atoms with Crippen molar-refractivity contribution >= 4 is 17.7 Å². The number of rotatable bonds is 3. The van der Waals surface area contributed by atoms with Gasteiger partial charge in [-0.1, -0.05) is 0 Å². The number of amides is 2. The number of nitrogens with zero attached hydrogens (tertiary/aromatic N) is 2. The first-order chi connectivity index (χ1) is 9.97. The number of phenolic OH excluding ortho intramolecular Hbond substituents is 1. The van der Waals surface area contributed by atoms with E-state index in [2.05, 4.69) is 0 Å². The van der Waals surface area contributed by atoms with E-state index in [9.17, 15) is 19.8 Å². The van der Waals surface area contributed by atoms with Crippen LogP contribution in [0.1, 0.15) is 12.8 Å². The van der Waals surface area contributed by atoms with Gasteiger partial charge in [-0.25, -0.2) is 4.79 Å². The minimum absolute atomic E-state index is 0.0440. The van der Waals surface area contributed by atoms with Crippen molar-refractivity contribution in [2.75, 3.05) is 24.5 Å². The number of phenols is 1. The van der Waals surface area contributed by atoms with E-state index in [0.717, 1.165) is 4.90 Å². The maximum Gasteiger partial charge on any atom is 0.325 e. The SMILES string of the molecule is O=C(O)CN(C(=O)N1CCC(O)CC1)c1ccc(O)cc1. The van der Waals surface area contributed by atoms with Crippen LogP contribution in [0.2, 0.25) is 0 Å². The average molecular weight is 294 g/mol. The zero-order valence-electron chi connectivity index (χ0n) is 11.5. The Morgan fingerprint density at radius 1 is 1.19 bits per heavy atom. The van der Waals surface area contributed by atoms with E-state index in [-0.39, 0.29) is 5.75 Å². The number of aliphatic hydroxyl groups excluding tert-OH is 1. The van der Waals surface area contributed by atoms with Crippen LogP contribution in [0.15, 0.2) is 24.3 Å². The quantitative estimate of drug-likeness (QED) is 0.767. The number of urea groups is 1. The van der Waals surface area contributed by atoms with E-state index in [1.54, 1.807) is 0 Å². The minimum Gasteiger partial charge on any atom is -0.508 e. The topological polar surface area (TPSA) is 101 Å². The van der Waals surface area contributed by atoms with Crippen LogP contribution in [-0.4, -0.2) is 58.0 Å². The number of likely N-dealkylation sites (tertiary alicyclic amines) is 1. The molecule has 1 aromatic carbocycles. The third kappa shape index (κ3) is 3.85. The summed E-state index contributed by atoms with van der Waals surface area (Å²) >= 11 is 0. The number of carboxylic acid groups (broad SMARTS) is 1. The first-order valence-electron chi connectivity index (χ1n) is 6.72. The van der Waals surface area contributed by atoms with E-state index >= 15 is 0 Å². The second kappa shape index (κ2) is 6.45. The van der Waals surface area contributed by atoms with E-state index in [0.29, 0.717) is 31.6 Å². The van der Waals surface area contributed by atoms with Gasteiger partial charge in [0.05, 0.1) is 6.10 Å². The number of aliphatic carboxylic acids is 1. The number of anilines is 1. The molecule has 1 saturated heterocycles. The lowest BCUT2D eigenvalue weighted by Crippen LogP contribution is -2.49. The van der Waals surface area contributed by atoms with Crippen LogP contribution < -0.4 is 4.90 Å². The Bertz CT molecular complexity index is 509. The summed E-state index contributed by atoms with van der Waals surface area (Å²) in [4.78, 5) is 26.1. The number of carboxylic acids is 1. The van der Waals surface area contributed by atoms with Gasteiger partial charge < -0.3 is 20.2 Å². The molecule has 1 fully saturated rings. The Labute approximate surface area is 122 Å². The van der Waals surface area contributed by atoms with Crippen molar-refractivity contribution in [2.24, 2.45) is 0 Å². The smallest absolute Gasteiger partial charge is 0.325 e.